The number of fused-ring (bicyclic) bond motifs is 2. The molecule has 0 bridgehead atoms. The summed E-state index contributed by atoms with van der Waals surface area (Å²) in [5, 5.41) is 9.16. The third kappa shape index (κ3) is 11.8. The summed E-state index contributed by atoms with van der Waals surface area (Å²) in [6, 6.07) is 25.6. The number of aromatic nitrogens is 3. The maximum absolute atomic E-state index is 13.5. The number of imidazole rings is 1. The average molecular weight is 794 g/mol. The minimum absolute atomic E-state index is 0.00203. The molecular formula is C49H55N5O3S. The number of amides is 2. The number of hydrogen-bond donors (Lipinski definition) is 4. The van der Waals surface area contributed by atoms with E-state index >= 15 is 0 Å². The summed E-state index contributed by atoms with van der Waals surface area (Å²) in [5.41, 5.74) is 11.3. The number of rotatable bonds is 10. The summed E-state index contributed by atoms with van der Waals surface area (Å²) in [5.74, 6) is 2.57. The standard InChI is InChI=1S/C34H36N4O3S.C9H9N.C3H6.C3H4/c1-5-11-27-23(4)42-20-25(27)16-30(33(39)36-18-32-35-17-31(37-32)24-12-7-6-8-13-24)38-34(40)41-19-29-22(3)21(2)26-14-9-10-15-28(26)29;1-7-6-10-9-5-3-2-4-8(7)9;2*1-3-2/h5-15,17,20,29-30H,16,18-19H2,1-4H3,(H,35,37)(H,36,39)(H,38,40);2-6,10H,1H3;3H,1H2,2H3;1H,2H3/b11-5-;;;. The van der Waals surface area contributed by atoms with Gasteiger partial charge in [0.05, 0.1) is 18.4 Å². The number of ether oxygens (including phenoxy) is 1. The van der Waals surface area contributed by atoms with Crippen molar-refractivity contribution in [1.29, 1.82) is 0 Å². The van der Waals surface area contributed by atoms with Gasteiger partial charge in [0.1, 0.15) is 18.5 Å². The lowest BCUT2D eigenvalue weighted by molar-refractivity contribution is -0.123. The molecule has 3 aromatic carbocycles. The van der Waals surface area contributed by atoms with Crippen molar-refractivity contribution in [3.63, 3.8) is 0 Å². The van der Waals surface area contributed by atoms with E-state index in [9.17, 15) is 9.59 Å². The quantitative estimate of drug-likeness (QED) is 0.0817. The van der Waals surface area contributed by atoms with E-state index in [1.54, 1.807) is 30.5 Å². The van der Waals surface area contributed by atoms with Crippen LogP contribution in [0.2, 0.25) is 0 Å². The summed E-state index contributed by atoms with van der Waals surface area (Å²) in [6.45, 7) is 17.6. The number of benzene rings is 3. The Morgan fingerprint density at radius 2 is 1.69 bits per heavy atom. The van der Waals surface area contributed by atoms with Crippen molar-refractivity contribution in [3.8, 4) is 23.6 Å². The van der Waals surface area contributed by atoms with Crippen LogP contribution in [0.1, 0.15) is 79.1 Å². The molecule has 0 saturated carbocycles. The monoisotopic (exact) mass is 793 g/mol. The van der Waals surface area contributed by atoms with E-state index in [1.807, 2.05) is 86.1 Å². The molecule has 2 amide bonds. The first-order chi connectivity index (χ1) is 28.1. The minimum atomic E-state index is -0.826. The molecule has 4 N–H and O–H groups in total. The van der Waals surface area contributed by atoms with Crippen LogP contribution in [0.15, 0.2) is 121 Å². The number of para-hydroxylation sites is 1. The van der Waals surface area contributed by atoms with Gasteiger partial charge in [-0.05, 0) is 98.9 Å². The predicted octanol–water partition coefficient (Wildman–Crippen LogP) is 11.3. The van der Waals surface area contributed by atoms with Gasteiger partial charge in [-0.3, -0.25) is 4.79 Å². The molecule has 0 saturated heterocycles. The molecule has 0 spiro atoms. The highest BCUT2D eigenvalue weighted by Gasteiger charge is 2.29. The van der Waals surface area contributed by atoms with Crippen LogP contribution in [0.3, 0.4) is 0 Å². The lowest BCUT2D eigenvalue weighted by Crippen LogP contribution is -2.48. The van der Waals surface area contributed by atoms with E-state index in [1.165, 1.54) is 33.2 Å². The number of terminal acetylenes is 1. The molecule has 3 aromatic heterocycles. The molecule has 7 rings (SSSR count). The zero-order valence-corrected chi connectivity index (χ0v) is 35.4. The van der Waals surface area contributed by atoms with E-state index in [0.29, 0.717) is 12.2 Å². The van der Waals surface area contributed by atoms with Crippen molar-refractivity contribution in [2.45, 2.75) is 73.4 Å². The zero-order valence-electron chi connectivity index (χ0n) is 34.6. The largest absolute Gasteiger partial charge is 0.449 e. The Hall–Kier alpha value is -6.37. The van der Waals surface area contributed by atoms with Crippen molar-refractivity contribution in [3.05, 3.63) is 159 Å². The molecule has 6 aromatic rings. The first-order valence-electron chi connectivity index (χ1n) is 19.3. The summed E-state index contributed by atoms with van der Waals surface area (Å²) >= 11 is 1.63. The number of aromatic amines is 2. The second-order valence-corrected chi connectivity index (χ2v) is 14.8. The molecule has 0 radical (unpaired) electrons. The smallest absolute Gasteiger partial charge is 0.407 e. The number of carbonyl (C=O) groups is 2. The second kappa shape index (κ2) is 22.4. The highest BCUT2D eigenvalue weighted by atomic mass is 32.1. The van der Waals surface area contributed by atoms with Crippen LogP contribution in [0.4, 0.5) is 4.79 Å². The molecule has 8 nitrogen and oxygen atoms in total. The Labute approximate surface area is 347 Å². The Morgan fingerprint density at radius 3 is 2.40 bits per heavy atom. The Morgan fingerprint density at radius 1 is 1.02 bits per heavy atom. The first kappa shape index (κ1) is 44.3. The molecule has 1 aliphatic carbocycles. The number of aryl methyl sites for hydroxylation is 2. The second-order valence-electron chi connectivity index (χ2n) is 13.7. The number of nitrogens with one attached hydrogen (secondary N) is 4. The van der Waals surface area contributed by atoms with Crippen molar-refractivity contribution in [2.24, 2.45) is 0 Å². The van der Waals surface area contributed by atoms with Crippen LogP contribution >= 0.6 is 11.3 Å². The van der Waals surface area contributed by atoms with E-state index in [4.69, 9.17) is 4.74 Å². The van der Waals surface area contributed by atoms with Gasteiger partial charge in [0.25, 0.3) is 0 Å². The summed E-state index contributed by atoms with van der Waals surface area (Å²) in [4.78, 5) is 38.6. The fraction of sp³-hybridized carbons (Fsp3) is 0.245. The third-order valence-electron chi connectivity index (χ3n) is 9.64. The number of alkyl carbamates (subject to hydrolysis) is 1. The maximum atomic E-state index is 13.5. The van der Waals surface area contributed by atoms with Crippen molar-refractivity contribution < 1.29 is 14.3 Å². The van der Waals surface area contributed by atoms with Crippen LogP contribution in [0.5, 0.6) is 0 Å². The first-order valence-corrected chi connectivity index (χ1v) is 20.2. The highest BCUT2D eigenvalue weighted by molar-refractivity contribution is 7.10. The molecule has 9 heteroatoms. The van der Waals surface area contributed by atoms with Gasteiger partial charge in [0.2, 0.25) is 5.91 Å². The predicted molar refractivity (Wildman–Crippen MR) is 242 cm³/mol. The van der Waals surface area contributed by atoms with Gasteiger partial charge in [0, 0.05) is 34.3 Å². The highest BCUT2D eigenvalue weighted by Crippen LogP contribution is 2.41. The molecule has 2 atom stereocenters. The summed E-state index contributed by atoms with van der Waals surface area (Å²) in [6.07, 6.45) is 13.9. The number of allylic oxidation sites excluding steroid dienone is 3. The topological polar surface area (TPSA) is 112 Å². The van der Waals surface area contributed by atoms with Crippen LogP contribution in [0.25, 0.3) is 33.8 Å². The third-order valence-corrected chi connectivity index (χ3v) is 10.6. The van der Waals surface area contributed by atoms with Gasteiger partial charge >= 0.3 is 6.09 Å². The average Bonchev–Trinajstić information content (AvgIpc) is 4.01. The van der Waals surface area contributed by atoms with Gasteiger partial charge < -0.3 is 25.3 Å². The van der Waals surface area contributed by atoms with E-state index in [-0.39, 0.29) is 25.0 Å². The number of carbonyl (C=O) groups excluding carboxylic acids is 2. The van der Waals surface area contributed by atoms with Crippen molar-refractivity contribution in [2.75, 3.05) is 6.61 Å². The SMILES string of the molecule is C#CC.C/C=C\c1c(CC(NC(=O)OCC2C(C)=C(C)c3ccccc32)C(=O)NCc2ncc(-c3ccccc3)[nH]2)csc1C.C=CC.Cc1c[nH]c2ccccc12. The number of hydrogen-bond acceptors (Lipinski definition) is 5. The van der Waals surface area contributed by atoms with E-state index < -0.39 is 12.1 Å². The summed E-state index contributed by atoms with van der Waals surface area (Å²) < 4.78 is 5.72. The van der Waals surface area contributed by atoms with Gasteiger partial charge in [-0.15, -0.1) is 30.3 Å². The number of nitrogens with zero attached hydrogens (tertiary/aromatic N) is 1. The molecule has 1 aliphatic rings. The van der Waals surface area contributed by atoms with Crippen molar-refractivity contribution in [1.82, 2.24) is 25.6 Å². The van der Waals surface area contributed by atoms with Crippen LogP contribution in [-0.2, 0) is 22.5 Å². The van der Waals surface area contributed by atoms with E-state index in [0.717, 1.165) is 32.8 Å². The van der Waals surface area contributed by atoms with Crippen LogP contribution in [-0.4, -0.2) is 39.6 Å². The normalized spacial score (nSPS) is 13.1. The molecule has 58 heavy (non-hydrogen) atoms. The molecule has 2 unspecified atom stereocenters. The lowest BCUT2D eigenvalue weighted by atomic mass is 9.98. The summed E-state index contributed by atoms with van der Waals surface area (Å²) in [7, 11) is 0. The molecule has 3 heterocycles. The van der Waals surface area contributed by atoms with Crippen molar-refractivity contribution >= 4 is 45.9 Å². The molecular weight excluding hydrogens is 739 g/mol. The minimum Gasteiger partial charge on any atom is -0.449 e. The number of thiophene rings is 1. The van der Waals surface area contributed by atoms with Crippen LogP contribution in [0, 0.1) is 26.2 Å². The van der Waals surface area contributed by atoms with E-state index in [2.05, 4.69) is 103 Å². The molecule has 300 valence electrons. The Kier molecular flexibility index (Phi) is 17.1. The zero-order chi connectivity index (χ0) is 42.0. The van der Waals surface area contributed by atoms with Gasteiger partial charge in [-0.2, -0.15) is 0 Å². The van der Waals surface area contributed by atoms with Gasteiger partial charge in [-0.25, -0.2) is 9.78 Å². The molecule has 0 aliphatic heterocycles. The Bertz CT molecular complexity index is 2370. The Balaban J connectivity index is 0.000000388. The van der Waals surface area contributed by atoms with Gasteiger partial charge in [-0.1, -0.05) is 96.6 Å². The fourth-order valence-electron chi connectivity index (χ4n) is 6.63. The molecule has 0 fully saturated rings. The van der Waals surface area contributed by atoms with Crippen LogP contribution < -0.4 is 10.6 Å². The lowest BCUT2D eigenvalue weighted by Gasteiger charge is -2.20. The number of H-pyrrole nitrogens is 2. The maximum Gasteiger partial charge on any atom is 0.407 e. The van der Waals surface area contributed by atoms with Gasteiger partial charge in [0.15, 0.2) is 0 Å². The fourth-order valence-corrected chi connectivity index (χ4v) is 7.49.